The topological polar surface area (TPSA) is 64.3 Å². The monoisotopic (exact) mass is 370 g/mol. The smallest absolute Gasteiger partial charge is 0.314 e. The van der Waals surface area contributed by atoms with E-state index in [-0.39, 0.29) is 11.7 Å². The van der Waals surface area contributed by atoms with Crippen LogP contribution in [0.3, 0.4) is 0 Å². The molecule has 0 saturated carbocycles. The van der Waals surface area contributed by atoms with Gasteiger partial charge in [0.15, 0.2) is 0 Å². The summed E-state index contributed by atoms with van der Waals surface area (Å²) in [6.45, 7) is 3.87. The van der Waals surface area contributed by atoms with Crippen molar-refractivity contribution in [1.82, 2.24) is 9.78 Å². The summed E-state index contributed by atoms with van der Waals surface area (Å²) in [5, 5.41) is 14.8. The van der Waals surface area contributed by atoms with Crippen molar-refractivity contribution in [3.8, 4) is 22.7 Å². The molecule has 1 heterocycles. The van der Waals surface area contributed by atoms with Crippen LogP contribution < -0.4 is 0 Å². The molecule has 0 spiro atoms. The van der Waals surface area contributed by atoms with Crippen molar-refractivity contribution in [3.63, 3.8) is 0 Å². The van der Waals surface area contributed by atoms with Crippen LogP contribution in [0.1, 0.15) is 25.5 Å². The summed E-state index contributed by atoms with van der Waals surface area (Å²) >= 11 is 5.99. The molecule has 5 nitrogen and oxygen atoms in total. The van der Waals surface area contributed by atoms with Crippen LogP contribution in [-0.2, 0) is 9.53 Å². The Morgan fingerprint density at radius 2 is 1.85 bits per heavy atom. The van der Waals surface area contributed by atoms with Gasteiger partial charge in [-0.15, -0.1) is 0 Å². The summed E-state index contributed by atoms with van der Waals surface area (Å²) < 4.78 is 6.86. The van der Waals surface area contributed by atoms with Crippen LogP contribution in [0.4, 0.5) is 0 Å². The second kappa shape index (κ2) is 7.62. The number of aromatic nitrogens is 2. The molecular formula is C20H19ClN2O3. The number of ether oxygens (including phenoxy) is 1. The molecule has 6 heteroatoms. The largest absolute Gasteiger partial charge is 0.508 e. The number of rotatable bonds is 5. The lowest BCUT2D eigenvalue weighted by Crippen LogP contribution is -2.13. The Bertz CT molecular complexity index is 839. The van der Waals surface area contributed by atoms with Gasteiger partial charge < -0.3 is 9.84 Å². The lowest BCUT2D eigenvalue weighted by molar-refractivity contribution is -0.144. The van der Waals surface area contributed by atoms with Crippen LogP contribution in [0.2, 0.25) is 5.02 Å². The number of benzene rings is 2. The third kappa shape index (κ3) is 3.73. The van der Waals surface area contributed by atoms with Crippen LogP contribution in [0.25, 0.3) is 16.9 Å². The lowest BCUT2D eigenvalue weighted by atomic mass is 10.1. The van der Waals surface area contributed by atoms with Gasteiger partial charge in [0, 0.05) is 10.6 Å². The molecule has 0 fully saturated rings. The molecule has 0 radical (unpaired) electrons. The van der Waals surface area contributed by atoms with E-state index in [0.717, 1.165) is 16.9 Å². The number of phenolic OH excluding ortho intramolecular Hbond substituents is 1. The number of hydrogen-bond acceptors (Lipinski definition) is 4. The zero-order valence-electron chi connectivity index (χ0n) is 14.5. The summed E-state index contributed by atoms with van der Waals surface area (Å²) in [5.74, 6) is -0.626. The zero-order valence-corrected chi connectivity index (χ0v) is 15.3. The van der Waals surface area contributed by atoms with E-state index >= 15 is 0 Å². The summed E-state index contributed by atoms with van der Waals surface area (Å²) in [6, 6.07) is 16.0. The second-order valence-electron chi connectivity index (χ2n) is 5.86. The van der Waals surface area contributed by atoms with E-state index in [9.17, 15) is 9.90 Å². The number of nitrogens with zero attached hydrogens (tertiary/aromatic N) is 2. The SMILES string of the molecule is CCOC(=O)C(C)c1cc(-c2ccc(Cl)cc2)n(-c2ccc(O)cc2)n1. The maximum Gasteiger partial charge on any atom is 0.314 e. The van der Waals surface area contributed by atoms with Gasteiger partial charge in [0.2, 0.25) is 0 Å². The quantitative estimate of drug-likeness (QED) is 0.668. The molecule has 1 atom stereocenters. The highest BCUT2D eigenvalue weighted by Crippen LogP contribution is 2.29. The van der Waals surface area contributed by atoms with Crippen molar-refractivity contribution >= 4 is 17.6 Å². The summed E-state index contributed by atoms with van der Waals surface area (Å²) in [5.41, 5.74) is 3.12. The van der Waals surface area contributed by atoms with Gasteiger partial charge in [-0.1, -0.05) is 23.7 Å². The first-order chi connectivity index (χ1) is 12.5. The minimum absolute atomic E-state index is 0.175. The van der Waals surface area contributed by atoms with Crippen molar-refractivity contribution in [2.75, 3.05) is 6.61 Å². The maximum atomic E-state index is 12.1. The molecule has 2 aromatic carbocycles. The average Bonchev–Trinajstić information content (AvgIpc) is 3.08. The molecule has 0 aliphatic rings. The Balaban J connectivity index is 2.09. The number of halogens is 1. The number of carbonyl (C=O) groups is 1. The molecule has 0 aliphatic carbocycles. The molecule has 0 amide bonds. The molecule has 26 heavy (non-hydrogen) atoms. The van der Waals surface area contributed by atoms with Gasteiger partial charge in [-0.25, -0.2) is 4.68 Å². The standard InChI is InChI=1S/C20H19ClN2O3/c1-3-26-20(25)13(2)18-12-19(14-4-6-15(21)7-5-14)23(22-18)16-8-10-17(24)11-9-16/h4-13,24H,3H2,1-2H3. The molecule has 0 saturated heterocycles. The average molecular weight is 371 g/mol. The van der Waals surface area contributed by atoms with Gasteiger partial charge in [0.05, 0.1) is 29.6 Å². The first-order valence-corrected chi connectivity index (χ1v) is 8.69. The number of aromatic hydroxyl groups is 1. The molecule has 134 valence electrons. The van der Waals surface area contributed by atoms with Crippen LogP contribution >= 0.6 is 11.6 Å². The molecule has 3 rings (SSSR count). The van der Waals surface area contributed by atoms with E-state index in [4.69, 9.17) is 16.3 Å². The highest BCUT2D eigenvalue weighted by molar-refractivity contribution is 6.30. The van der Waals surface area contributed by atoms with E-state index in [1.54, 1.807) is 54.9 Å². The Morgan fingerprint density at radius 1 is 1.19 bits per heavy atom. The minimum atomic E-state index is -0.487. The zero-order chi connectivity index (χ0) is 18.7. The maximum absolute atomic E-state index is 12.1. The number of phenols is 1. The van der Waals surface area contributed by atoms with Crippen molar-refractivity contribution in [2.24, 2.45) is 0 Å². The number of hydrogen-bond donors (Lipinski definition) is 1. The van der Waals surface area contributed by atoms with Crippen molar-refractivity contribution in [3.05, 3.63) is 65.3 Å². The van der Waals surface area contributed by atoms with Gasteiger partial charge in [-0.2, -0.15) is 5.10 Å². The predicted molar refractivity (Wildman–Crippen MR) is 101 cm³/mol. The fourth-order valence-corrected chi connectivity index (χ4v) is 2.74. The fraction of sp³-hybridized carbons (Fsp3) is 0.200. The lowest BCUT2D eigenvalue weighted by Gasteiger charge is -2.08. The highest BCUT2D eigenvalue weighted by atomic mass is 35.5. The first kappa shape index (κ1) is 18.0. The minimum Gasteiger partial charge on any atom is -0.508 e. The van der Waals surface area contributed by atoms with Crippen LogP contribution in [0.5, 0.6) is 5.75 Å². The van der Waals surface area contributed by atoms with Gasteiger partial charge in [-0.3, -0.25) is 4.79 Å². The summed E-state index contributed by atoms with van der Waals surface area (Å²) in [7, 11) is 0. The van der Waals surface area contributed by atoms with E-state index < -0.39 is 5.92 Å². The Hall–Kier alpha value is -2.79. The van der Waals surface area contributed by atoms with E-state index in [2.05, 4.69) is 5.10 Å². The van der Waals surface area contributed by atoms with Crippen LogP contribution in [0, 0.1) is 0 Å². The summed E-state index contributed by atoms with van der Waals surface area (Å²) in [4.78, 5) is 12.1. The van der Waals surface area contributed by atoms with Crippen LogP contribution in [-0.4, -0.2) is 27.5 Å². The second-order valence-corrected chi connectivity index (χ2v) is 6.30. The Morgan fingerprint density at radius 3 is 2.46 bits per heavy atom. The molecule has 0 bridgehead atoms. The molecule has 1 N–H and O–H groups in total. The molecule has 3 aromatic rings. The molecule has 0 aliphatic heterocycles. The Kier molecular flexibility index (Phi) is 5.28. The third-order valence-corrected chi connectivity index (χ3v) is 4.30. The van der Waals surface area contributed by atoms with E-state index in [1.165, 1.54) is 0 Å². The normalized spacial score (nSPS) is 12.0. The third-order valence-electron chi connectivity index (χ3n) is 4.05. The van der Waals surface area contributed by atoms with Crippen molar-refractivity contribution in [2.45, 2.75) is 19.8 Å². The van der Waals surface area contributed by atoms with Crippen molar-refractivity contribution < 1.29 is 14.6 Å². The molecule has 1 unspecified atom stereocenters. The molecular weight excluding hydrogens is 352 g/mol. The molecule has 1 aromatic heterocycles. The number of carbonyl (C=O) groups excluding carboxylic acids is 1. The van der Waals surface area contributed by atoms with Gasteiger partial charge >= 0.3 is 5.97 Å². The van der Waals surface area contributed by atoms with Gasteiger partial charge in [-0.05, 0) is 56.3 Å². The predicted octanol–water partition coefficient (Wildman–Crippen LogP) is 4.56. The first-order valence-electron chi connectivity index (χ1n) is 8.31. The summed E-state index contributed by atoms with van der Waals surface area (Å²) in [6.07, 6.45) is 0. The van der Waals surface area contributed by atoms with Gasteiger partial charge in [0.25, 0.3) is 0 Å². The van der Waals surface area contributed by atoms with Gasteiger partial charge in [0.1, 0.15) is 5.75 Å². The van der Waals surface area contributed by atoms with E-state index in [0.29, 0.717) is 17.3 Å². The van der Waals surface area contributed by atoms with Crippen molar-refractivity contribution in [1.29, 1.82) is 0 Å². The number of esters is 1. The van der Waals surface area contributed by atoms with Crippen LogP contribution in [0.15, 0.2) is 54.6 Å². The Labute approximate surface area is 156 Å². The van der Waals surface area contributed by atoms with E-state index in [1.807, 2.05) is 18.2 Å². The highest BCUT2D eigenvalue weighted by Gasteiger charge is 2.22. The fourth-order valence-electron chi connectivity index (χ4n) is 2.62.